The van der Waals surface area contributed by atoms with Crippen LogP contribution in [0.25, 0.3) is 16.8 Å². The SMILES string of the molecule is Cn1cnc2cnc(N3CCCC(c4nnc5ccccn45)C3)nc21. The first-order valence-electron chi connectivity index (χ1n) is 8.48. The summed E-state index contributed by atoms with van der Waals surface area (Å²) >= 11 is 0. The molecule has 0 spiro atoms. The van der Waals surface area contributed by atoms with Gasteiger partial charge in [-0.15, -0.1) is 10.2 Å². The van der Waals surface area contributed by atoms with Crippen molar-refractivity contribution < 1.29 is 0 Å². The number of nitrogens with zero attached hydrogens (tertiary/aromatic N) is 8. The van der Waals surface area contributed by atoms with Gasteiger partial charge in [-0.1, -0.05) is 6.07 Å². The molecule has 1 aliphatic heterocycles. The Hall–Kier alpha value is -3.03. The largest absolute Gasteiger partial charge is 0.340 e. The molecule has 4 aromatic rings. The van der Waals surface area contributed by atoms with E-state index in [4.69, 9.17) is 4.98 Å². The Morgan fingerprint density at radius 3 is 3.08 bits per heavy atom. The predicted molar refractivity (Wildman–Crippen MR) is 93.5 cm³/mol. The lowest BCUT2D eigenvalue weighted by atomic mass is 9.97. The highest BCUT2D eigenvalue weighted by molar-refractivity contribution is 5.70. The average Bonchev–Trinajstić information content (AvgIpc) is 3.26. The fourth-order valence-electron chi connectivity index (χ4n) is 3.57. The van der Waals surface area contributed by atoms with Crippen LogP contribution in [0, 0.1) is 0 Å². The monoisotopic (exact) mass is 334 g/mol. The third kappa shape index (κ3) is 2.33. The van der Waals surface area contributed by atoms with Crippen molar-refractivity contribution >= 4 is 22.8 Å². The van der Waals surface area contributed by atoms with Crippen molar-refractivity contribution in [1.82, 2.24) is 34.1 Å². The van der Waals surface area contributed by atoms with Gasteiger partial charge in [0.2, 0.25) is 5.95 Å². The van der Waals surface area contributed by atoms with Crippen LogP contribution in [0.1, 0.15) is 24.6 Å². The van der Waals surface area contributed by atoms with Crippen LogP contribution >= 0.6 is 0 Å². The lowest BCUT2D eigenvalue weighted by molar-refractivity contribution is 0.483. The molecule has 0 bridgehead atoms. The molecule has 0 aromatic carbocycles. The van der Waals surface area contributed by atoms with Crippen LogP contribution in [-0.2, 0) is 7.05 Å². The predicted octanol–water partition coefficient (Wildman–Crippen LogP) is 1.79. The lowest BCUT2D eigenvalue weighted by Gasteiger charge is -2.31. The summed E-state index contributed by atoms with van der Waals surface area (Å²) in [6, 6.07) is 5.98. The number of anilines is 1. The summed E-state index contributed by atoms with van der Waals surface area (Å²) in [5.74, 6) is 2.09. The maximum atomic E-state index is 4.71. The van der Waals surface area contributed by atoms with Crippen LogP contribution in [0.2, 0.25) is 0 Å². The second-order valence-electron chi connectivity index (χ2n) is 6.51. The van der Waals surface area contributed by atoms with Gasteiger partial charge in [-0.05, 0) is 25.0 Å². The summed E-state index contributed by atoms with van der Waals surface area (Å²) in [6.45, 7) is 1.80. The number of piperidine rings is 1. The van der Waals surface area contributed by atoms with Crippen molar-refractivity contribution in [3.05, 3.63) is 42.7 Å². The Labute approximate surface area is 144 Å². The van der Waals surface area contributed by atoms with Crippen molar-refractivity contribution in [3.63, 3.8) is 0 Å². The average molecular weight is 334 g/mol. The van der Waals surface area contributed by atoms with Gasteiger partial charge in [0.25, 0.3) is 0 Å². The van der Waals surface area contributed by atoms with Crippen molar-refractivity contribution in [2.45, 2.75) is 18.8 Å². The minimum Gasteiger partial charge on any atom is -0.340 e. The Bertz CT molecular complexity index is 1050. The zero-order valence-electron chi connectivity index (χ0n) is 13.9. The first-order valence-corrected chi connectivity index (χ1v) is 8.48. The molecular weight excluding hydrogens is 316 g/mol. The van der Waals surface area contributed by atoms with Gasteiger partial charge in [0.1, 0.15) is 11.3 Å². The van der Waals surface area contributed by atoms with Crippen molar-refractivity contribution in [2.75, 3.05) is 18.0 Å². The van der Waals surface area contributed by atoms with E-state index in [2.05, 4.69) is 29.5 Å². The molecule has 0 amide bonds. The molecule has 0 saturated carbocycles. The fraction of sp³-hybridized carbons (Fsp3) is 0.353. The van der Waals surface area contributed by atoms with E-state index >= 15 is 0 Å². The van der Waals surface area contributed by atoms with E-state index < -0.39 is 0 Å². The van der Waals surface area contributed by atoms with Gasteiger partial charge in [-0.2, -0.15) is 4.98 Å². The molecule has 0 aliphatic carbocycles. The molecule has 0 N–H and O–H groups in total. The molecule has 8 nitrogen and oxygen atoms in total. The van der Waals surface area contributed by atoms with Crippen LogP contribution in [0.15, 0.2) is 36.9 Å². The summed E-state index contributed by atoms with van der Waals surface area (Å²) in [6.07, 6.45) is 7.78. The van der Waals surface area contributed by atoms with Crippen LogP contribution in [0.3, 0.4) is 0 Å². The van der Waals surface area contributed by atoms with Gasteiger partial charge in [0, 0.05) is 32.3 Å². The van der Waals surface area contributed by atoms with Crippen molar-refractivity contribution in [2.24, 2.45) is 7.05 Å². The smallest absolute Gasteiger partial charge is 0.227 e. The molecule has 1 fully saturated rings. The first kappa shape index (κ1) is 14.3. The van der Waals surface area contributed by atoms with E-state index in [-0.39, 0.29) is 0 Å². The number of hydrogen-bond donors (Lipinski definition) is 0. The minimum atomic E-state index is 0.317. The van der Waals surface area contributed by atoms with Gasteiger partial charge in [0.15, 0.2) is 11.3 Å². The third-order valence-corrected chi connectivity index (χ3v) is 4.85. The maximum Gasteiger partial charge on any atom is 0.227 e. The number of aryl methyl sites for hydroxylation is 1. The van der Waals surface area contributed by atoms with Gasteiger partial charge < -0.3 is 9.47 Å². The molecule has 5 heterocycles. The van der Waals surface area contributed by atoms with E-state index in [1.54, 1.807) is 12.5 Å². The second kappa shape index (κ2) is 5.51. The number of aromatic nitrogens is 7. The first-order chi connectivity index (χ1) is 12.3. The number of fused-ring (bicyclic) bond motifs is 2. The Morgan fingerprint density at radius 1 is 1.16 bits per heavy atom. The van der Waals surface area contributed by atoms with Crippen LogP contribution in [0.5, 0.6) is 0 Å². The van der Waals surface area contributed by atoms with Crippen LogP contribution < -0.4 is 4.90 Å². The number of rotatable bonds is 2. The number of pyridine rings is 1. The lowest BCUT2D eigenvalue weighted by Crippen LogP contribution is -2.36. The van der Waals surface area contributed by atoms with E-state index in [9.17, 15) is 0 Å². The Balaban J connectivity index is 1.48. The molecule has 1 saturated heterocycles. The normalized spacial score (nSPS) is 18.3. The summed E-state index contributed by atoms with van der Waals surface area (Å²) in [5.41, 5.74) is 2.57. The quantitative estimate of drug-likeness (QED) is 0.556. The second-order valence-corrected chi connectivity index (χ2v) is 6.51. The molecule has 25 heavy (non-hydrogen) atoms. The zero-order valence-corrected chi connectivity index (χ0v) is 13.9. The van der Waals surface area contributed by atoms with Crippen molar-refractivity contribution in [3.8, 4) is 0 Å². The molecule has 126 valence electrons. The summed E-state index contributed by atoms with van der Waals surface area (Å²) < 4.78 is 4.01. The summed E-state index contributed by atoms with van der Waals surface area (Å²) in [7, 11) is 1.95. The topological polar surface area (TPSA) is 77.0 Å². The van der Waals surface area contributed by atoms with E-state index in [1.165, 1.54) is 0 Å². The summed E-state index contributed by atoms with van der Waals surface area (Å²) in [5, 5.41) is 8.72. The number of imidazole rings is 1. The number of hydrogen-bond acceptors (Lipinski definition) is 6. The highest BCUT2D eigenvalue weighted by Gasteiger charge is 2.26. The van der Waals surface area contributed by atoms with E-state index in [0.717, 1.165) is 54.5 Å². The molecular formula is C17H18N8. The van der Waals surface area contributed by atoms with Crippen LogP contribution in [0.4, 0.5) is 5.95 Å². The molecule has 0 radical (unpaired) electrons. The van der Waals surface area contributed by atoms with Crippen molar-refractivity contribution in [1.29, 1.82) is 0 Å². The Kier molecular flexibility index (Phi) is 3.16. The van der Waals surface area contributed by atoms with Gasteiger partial charge >= 0.3 is 0 Å². The minimum absolute atomic E-state index is 0.317. The molecule has 8 heteroatoms. The summed E-state index contributed by atoms with van der Waals surface area (Å²) in [4.78, 5) is 15.8. The maximum absolute atomic E-state index is 4.71. The van der Waals surface area contributed by atoms with E-state index in [1.807, 2.05) is 36.0 Å². The van der Waals surface area contributed by atoms with Gasteiger partial charge in [-0.3, -0.25) is 4.40 Å². The molecule has 4 aromatic heterocycles. The molecule has 1 aliphatic rings. The van der Waals surface area contributed by atoms with Crippen LogP contribution in [-0.4, -0.2) is 47.2 Å². The van der Waals surface area contributed by atoms with Gasteiger partial charge in [0.05, 0.1) is 12.5 Å². The third-order valence-electron chi connectivity index (χ3n) is 4.85. The standard InChI is InChI=1S/C17H18N8/c1-23-11-19-13-9-18-17(20-16(13)23)24-7-4-5-12(10-24)15-22-21-14-6-2-3-8-25(14)15/h2-3,6,8-9,11-12H,4-5,7,10H2,1H3. The van der Waals surface area contributed by atoms with E-state index in [0.29, 0.717) is 5.92 Å². The molecule has 5 rings (SSSR count). The highest BCUT2D eigenvalue weighted by atomic mass is 15.3. The Morgan fingerprint density at radius 2 is 2.12 bits per heavy atom. The van der Waals surface area contributed by atoms with Gasteiger partial charge in [-0.25, -0.2) is 9.97 Å². The molecule has 1 unspecified atom stereocenters. The highest BCUT2D eigenvalue weighted by Crippen LogP contribution is 2.28. The fourth-order valence-corrected chi connectivity index (χ4v) is 3.57. The molecule has 1 atom stereocenters. The zero-order chi connectivity index (χ0) is 16.8.